The summed E-state index contributed by atoms with van der Waals surface area (Å²) in [4.78, 5) is 74.2. The van der Waals surface area contributed by atoms with Crippen molar-refractivity contribution in [2.75, 3.05) is 20.8 Å². The van der Waals surface area contributed by atoms with Gasteiger partial charge in [0.2, 0.25) is 23.5 Å². The second kappa shape index (κ2) is 14.9. The Hall–Kier alpha value is -4.65. The zero-order chi connectivity index (χ0) is 37.2. The van der Waals surface area contributed by atoms with Gasteiger partial charge in [-0.1, -0.05) is 81.2 Å². The Balaban J connectivity index is 1.43. The number of nitrogens with zero attached hydrogens (tertiary/aromatic N) is 2. The standard InChI is InChI=1S/C37H46ClN5O8/c1-7-11-25(30(44)32(39)45)40-34(47)27-18-37(17-26(42-51-37)23-15-24(38)29(50-6)16-28(23)49-5)19-43(27)35(48)31(36(2,3)4)41-33(46)22-14-21(22)20-12-9-8-10-13-20/h8-10,12-13,15-16,21-22,25,27,31H,7,11,14,17-19H2,1-6H3,(H2,39,45)(H,40,47)(H,41,46)/t21?,22-,25+,27+,31-,37-/m1/s1. The molecule has 2 aromatic rings. The number of nitrogens with two attached hydrogens (primary N) is 1. The topological polar surface area (TPSA) is 179 Å². The van der Waals surface area contributed by atoms with Gasteiger partial charge >= 0.3 is 0 Å². The number of hydrogen-bond acceptors (Lipinski definition) is 9. The van der Waals surface area contributed by atoms with Crippen LogP contribution in [0, 0.1) is 11.3 Å². The highest BCUT2D eigenvalue weighted by molar-refractivity contribution is 6.37. The number of primary amides is 1. The Bertz CT molecular complexity index is 1730. The van der Waals surface area contributed by atoms with Crippen molar-refractivity contribution in [3.05, 3.63) is 58.6 Å². The number of benzene rings is 2. The van der Waals surface area contributed by atoms with E-state index >= 15 is 0 Å². The highest BCUT2D eigenvalue weighted by atomic mass is 35.5. The summed E-state index contributed by atoms with van der Waals surface area (Å²) >= 11 is 6.45. The average molecular weight is 724 g/mol. The van der Waals surface area contributed by atoms with Crippen LogP contribution in [0.4, 0.5) is 0 Å². The van der Waals surface area contributed by atoms with E-state index < -0.39 is 52.6 Å². The lowest BCUT2D eigenvalue weighted by Crippen LogP contribution is -2.59. The SMILES string of the molecule is CCC[C@H](NC(=O)[C@@H]1C[C@]2(CC(c3cc(Cl)c(OC)cc3OC)=NO2)CN1C(=O)[C@@H](NC(=O)[C@@H]1CC1c1ccccc1)C(C)(C)C)C(=O)C(N)=O. The number of carbonyl (C=O) groups is 5. The molecule has 0 bridgehead atoms. The largest absolute Gasteiger partial charge is 0.496 e. The summed E-state index contributed by atoms with van der Waals surface area (Å²) in [6, 6.07) is 9.73. The molecule has 1 saturated heterocycles. The molecule has 5 rings (SSSR count). The summed E-state index contributed by atoms with van der Waals surface area (Å²) in [7, 11) is 2.99. The zero-order valence-electron chi connectivity index (χ0n) is 29.8. The maximum absolute atomic E-state index is 14.6. The Labute approximate surface area is 302 Å². The Kier molecular flexibility index (Phi) is 11.0. The highest BCUT2D eigenvalue weighted by Crippen LogP contribution is 2.48. The van der Waals surface area contributed by atoms with Crippen LogP contribution in [0.15, 0.2) is 47.6 Å². The quantitative estimate of drug-likeness (QED) is 0.263. The van der Waals surface area contributed by atoms with Gasteiger partial charge in [0, 0.05) is 30.4 Å². The third-order valence-electron chi connectivity index (χ3n) is 9.82. The summed E-state index contributed by atoms with van der Waals surface area (Å²) in [6.45, 7) is 7.28. The normalized spacial score (nSPS) is 23.5. The van der Waals surface area contributed by atoms with Gasteiger partial charge in [-0.2, -0.15) is 0 Å². The summed E-state index contributed by atoms with van der Waals surface area (Å²) in [5.41, 5.74) is 5.50. The molecule has 6 atom stereocenters. The fourth-order valence-corrected chi connectivity index (χ4v) is 7.21. The fraction of sp³-hybridized carbons (Fsp3) is 0.514. The molecular weight excluding hydrogens is 678 g/mol. The van der Waals surface area contributed by atoms with Crippen molar-refractivity contribution in [1.82, 2.24) is 15.5 Å². The van der Waals surface area contributed by atoms with Crippen LogP contribution >= 0.6 is 11.6 Å². The molecule has 274 valence electrons. The van der Waals surface area contributed by atoms with Crippen LogP contribution in [0.3, 0.4) is 0 Å². The van der Waals surface area contributed by atoms with E-state index in [2.05, 4.69) is 15.8 Å². The molecule has 1 aliphatic carbocycles. The summed E-state index contributed by atoms with van der Waals surface area (Å²) in [6.07, 6.45) is 1.52. The van der Waals surface area contributed by atoms with Crippen LogP contribution in [0.1, 0.15) is 76.8 Å². The first kappa shape index (κ1) is 37.6. The summed E-state index contributed by atoms with van der Waals surface area (Å²) in [5.74, 6) is -2.87. The molecular formula is C37H46ClN5O8. The molecule has 14 heteroatoms. The number of ether oxygens (including phenoxy) is 2. The van der Waals surface area contributed by atoms with Crippen molar-refractivity contribution in [2.45, 2.75) is 89.4 Å². The first-order valence-electron chi connectivity index (χ1n) is 17.1. The van der Waals surface area contributed by atoms with Gasteiger partial charge in [0.25, 0.3) is 5.91 Å². The van der Waals surface area contributed by atoms with E-state index in [0.29, 0.717) is 40.6 Å². The number of carbonyl (C=O) groups excluding carboxylic acids is 5. The molecule has 1 saturated carbocycles. The number of Topliss-reactive ketones (excluding diaryl/α,β-unsaturated/α-hetero) is 1. The van der Waals surface area contributed by atoms with Crippen molar-refractivity contribution in [3.63, 3.8) is 0 Å². The summed E-state index contributed by atoms with van der Waals surface area (Å²) in [5, 5.41) is 10.4. The summed E-state index contributed by atoms with van der Waals surface area (Å²) < 4.78 is 10.9. The molecule has 1 spiro atoms. The van der Waals surface area contributed by atoms with Gasteiger partial charge in [0.1, 0.15) is 23.6 Å². The van der Waals surface area contributed by atoms with Crippen LogP contribution in [0.2, 0.25) is 5.02 Å². The lowest BCUT2D eigenvalue weighted by molar-refractivity contribution is -0.145. The van der Waals surface area contributed by atoms with Gasteiger partial charge in [-0.15, -0.1) is 0 Å². The molecule has 2 aliphatic heterocycles. The van der Waals surface area contributed by atoms with E-state index in [-0.39, 0.29) is 43.6 Å². The van der Waals surface area contributed by atoms with E-state index in [4.69, 9.17) is 31.6 Å². The molecule has 4 amide bonds. The number of rotatable bonds is 13. The van der Waals surface area contributed by atoms with Crippen molar-refractivity contribution in [2.24, 2.45) is 22.2 Å². The maximum Gasteiger partial charge on any atom is 0.287 e. The van der Waals surface area contributed by atoms with Gasteiger partial charge in [0.15, 0.2) is 5.60 Å². The van der Waals surface area contributed by atoms with Gasteiger partial charge in [-0.25, -0.2) is 0 Å². The van der Waals surface area contributed by atoms with Crippen molar-refractivity contribution < 1.29 is 38.3 Å². The zero-order valence-corrected chi connectivity index (χ0v) is 30.5. The number of ketones is 1. The van der Waals surface area contributed by atoms with Crippen molar-refractivity contribution >= 4 is 46.7 Å². The minimum absolute atomic E-state index is 0.0108. The first-order valence-corrected chi connectivity index (χ1v) is 17.5. The molecule has 1 unspecified atom stereocenters. The Morgan fingerprint density at radius 2 is 1.75 bits per heavy atom. The van der Waals surface area contributed by atoms with E-state index in [1.165, 1.54) is 19.1 Å². The second-order valence-electron chi connectivity index (χ2n) is 14.6. The number of hydrogen-bond donors (Lipinski definition) is 3. The van der Waals surface area contributed by atoms with Crippen LogP contribution in [-0.2, 0) is 28.8 Å². The predicted molar refractivity (Wildman–Crippen MR) is 189 cm³/mol. The molecule has 0 aromatic heterocycles. The molecule has 2 aromatic carbocycles. The third-order valence-corrected chi connectivity index (χ3v) is 10.1. The van der Waals surface area contributed by atoms with Gasteiger partial charge in [-0.05, 0) is 35.8 Å². The highest BCUT2D eigenvalue weighted by Gasteiger charge is 2.56. The lowest BCUT2D eigenvalue weighted by atomic mass is 9.85. The maximum atomic E-state index is 14.6. The molecule has 2 heterocycles. The van der Waals surface area contributed by atoms with Crippen LogP contribution in [0.5, 0.6) is 11.5 Å². The number of amides is 4. The number of methoxy groups -OCH3 is 2. The van der Waals surface area contributed by atoms with Crippen LogP contribution in [-0.4, -0.2) is 84.5 Å². The monoisotopic (exact) mass is 723 g/mol. The first-order chi connectivity index (χ1) is 24.1. The fourth-order valence-electron chi connectivity index (χ4n) is 6.97. The molecule has 13 nitrogen and oxygen atoms in total. The molecule has 3 aliphatic rings. The van der Waals surface area contributed by atoms with E-state index in [1.54, 1.807) is 19.1 Å². The Morgan fingerprint density at radius 3 is 2.35 bits per heavy atom. The van der Waals surface area contributed by atoms with Gasteiger partial charge < -0.3 is 35.6 Å². The van der Waals surface area contributed by atoms with Gasteiger partial charge in [0.05, 0.1) is 37.5 Å². The smallest absolute Gasteiger partial charge is 0.287 e. The van der Waals surface area contributed by atoms with E-state index in [1.807, 2.05) is 51.1 Å². The van der Waals surface area contributed by atoms with Crippen molar-refractivity contribution in [1.29, 1.82) is 0 Å². The minimum Gasteiger partial charge on any atom is -0.496 e. The lowest BCUT2D eigenvalue weighted by Gasteiger charge is -2.35. The third kappa shape index (κ3) is 7.98. The predicted octanol–water partition coefficient (Wildman–Crippen LogP) is 3.50. The Morgan fingerprint density at radius 1 is 1.06 bits per heavy atom. The molecule has 4 N–H and O–H groups in total. The minimum atomic E-state index is -1.17. The molecule has 0 radical (unpaired) electrons. The molecule has 51 heavy (non-hydrogen) atoms. The second-order valence-corrected chi connectivity index (χ2v) is 15.0. The number of likely N-dealkylation sites (tertiary alicyclic amines) is 1. The van der Waals surface area contributed by atoms with Crippen LogP contribution in [0.25, 0.3) is 0 Å². The van der Waals surface area contributed by atoms with Crippen LogP contribution < -0.4 is 25.8 Å². The van der Waals surface area contributed by atoms with Gasteiger partial charge in [-0.3, -0.25) is 24.0 Å². The van der Waals surface area contributed by atoms with Crippen molar-refractivity contribution in [3.8, 4) is 11.5 Å². The van der Waals surface area contributed by atoms with E-state index in [9.17, 15) is 24.0 Å². The average Bonchev–Trinajstić information content (AvgIpc) is 3.67. The molecule has 2 fully saturated rings. The number of nitrogens with one attached hydrogen (secondary N) is 2. The number of oxime groups is 1. The van der Waals surface area contributed by atoms with E-state index in [0.717, 1.165) is 5.56 Å². The number of halogens is 1.